The highest BCUT2D eigenvalue weighted by Gasteiger charge is 2.10. The number of rotatable bonds is 8. The van der Waals surface area contributed by atoms with E-state index in [1.54, 1.807) is 25.1 Å². The molecule has 20 heavy (non-hydrogen) atoms. The Morgan fingerprint density at radius 2 is 2.10 bits per heavy atom. The normalized spacial score (nSPS) is 11.1. The quantitative estimate of drug-likeness (QED) is 0.621. The predicted molar refractivity (Wildman–Crippen MR) is 80.1 cm³/mol. The third-order valence-corrected chi connectivity index (χ3v) is 4.03. The average molecular weight is 299 g/mol. The van der Waals surface area contributed by atoms with E-state index in [1.807, 2.05) is 0 Å². The topological polar surface area (TPSA) is 101 Å². The van der Waals surface area contributed by atoms with Crippen LogP contribution in [0.25, 0.3) is 0 Å². The molecular weight excluding hydrogens is 278 g/mol. The van der Waals surface area contributed by atoms with Crippen LogP contribution in [0.5, 0.6) is 0 Å². The number of benzene rings is 1. The number of sulfonamides is 1. The van der Waals surface area contributed by atoms with Crippen LogP contribution >= 0.6 is 0 Å². The van der Waals surface area contributed by atoms with Crippen molar-refractivity contribution in [2.24, 2.45) is 5.73 Å². The molecule has 0 aliphatic carbocycles. The van der Waals surface area contributed by atoms with E-state index in [-0.39, 0.29) is 11.7 Å². The van der Waals surface area contributed by atoms with Gasteiger partial charge in [0.25, 0.3) is 5.91 Å². The molecule has 1 aromatic carbocycles. The summed E-state index contributed by atoms with van der Waals surface area (Å²) in [5.41, 5.74) is 6.16. The SMILES string of the molecule is CCCS(=O)(=O)Nc1cccc(C(=O)NCCCN)c1. The lowest BCUT2D eigenvalue weighted by molar-refractivity contribution is 0.0953. The van der Waals surface area contributed by atoms with Crippen LogP contribution in [-0.4, -0.2) is 33.2 Å². The zero-order valence-electron chi connectivity index (χ0n) is 11.6. The van der Waals surface area contributed by atoms with Gasteiger partial charge < -0.3 is 11.1 Å². The first-order valence-corrected chi connectivity index (χ1v) is 8.22. The van der Waals surface area contributed by atoms with Crippen LogP contribution in [0.3, 0.4) is 0 Å². The van der Waals surface area contributed by atoms with E-state index >= 15 is 0 Å². The first kappa shape index (κ1) is 16.5. The summed E-state index contributed by atoms with van der Waals surface area (Å²) in [6, 6.07) is 6.41. The van der Waals surface area contributed by atoms with Gasteiger partial charge in [-0.1, -0.05) is 13.0 Å². The Morgan fingerprint density at radius 1 is 1.35 bits per heavy atom. The minimum Gasteiger partial charge on any atom is -0.352 e. The summed E-state index contributed by atoms with van der Waals surface area (Å²) in [7, 11) is -3.35. The molecule has 0 atom stereocenters. The standard InChI is InChI=1S/C13H21N3O3S/c1-2-9-20(18,19)16-12-6-3-5-11(10-12)13(17)15-8-4-7-14/h3,5-6,10,16H,2,4,7-9,14H2,1H3,(H,15,17). The van der Waals surface area contributed by atoms with Gasteiger partial charge in [-0.25, -0.2) is 8.42 Å². The fourth-order valence-electron chi connectivity index (χ4n) is 1.63. The fourth-order valence-corrected chi connectivity index (χ4v) is 2.75. The highest BCUT2D eigenvalue weighted by Crippen LogP contribution is 2.13. The molecule has 1 amide bonds. The zero-order chi connectivity index (χ0) is 15.0. The minimum absolute atomic E-state index is 0.0555. The monoisotopic (exact) mass is 299 g/mol. The smallest absolute Gasteiger partial charge is 0.251 e. The van der Waals surface area contributed by atoms with Crippen molar-refractivity contribution < 1.29 is 13.2 Å². The molecule has 0 spiro atoms. The van der Waals surface area contributed by atoms with Gasteiger partial charge in [-0.15, -0.1) is 0 Å². The molecule has 0 aromatic heterocycles. The van der Waals surface area contributed by atoms with Crippen molar-refractivity contribution in [1.29, 1.82) is 0 Å². The summed E-state index contributed by atoms with van der Waals surface area (Å²) in [4.78, 5) is 11.8. The summed E-state index contributed by atoms with van der Waals surface area (Å²) in [5.74, 6) is -0.185. The maximum Gasteiger partial charge on any atom is 0.251 e. The molecule has 0 saturated carbocycles. The van der Waals surface area contributed by atoms with Crippen molar-refractivity contribution in [1.82, 2.24) is 5.32 Å². The van der Waals surface area contributed by atoms with Gasteiger partial charge in [0.2, 0.25) is 10.0 Å². The largest absolute Gasteiger partial charge is 0.352 e. The molecule has 112 valence electrons. The molecule has 0 radical (unpaired) electrons. The van der Waals surface area contributed by atoms with Crippen molar-refractivity contribution in [3.63, 3.8) is 0 Å². The van der Waals surface area contributed by atoms with Gasteiger partial charge >= 0.3 is 0 Å². The van der Waals surface area contributed by atoms with Crippen LogP contribution in [0.4, 0.5) is 5.69 Å². The van der Waals surface area contributed by atoms with Gasteiger partial charge in [-0.05, 0) is 37.6 Å². The summed E-state index contributed by atoms with van der Waals surface area (Å²) < 4.78 is 25.8. The Morgan fingerprint density at radius 3 is 2.75 bits per heavy atom. The lowest BCUT2D eigenvalue weighted by atomic mass is 10.2. The molecule has 0 saturated heterocycles. The molecule has 0 fully saturated rings. The summed E-state index contributed by atoms with van der Waals surface area (Å²) in [6.07, 6.45) is 1.24. The molecule has 0 aliphatic rings. The molecule has 4 N–H and O–H groups in total. The van der Waals surface area contributed by atoms with Crippen molar-refractivity contribution in [2.75, 3.05) is 23.6 Å². The van der Waals surface area contributed by atoms with Gasteiger partial charge in [-0.2, -0.15) is 0 Å². The Balaban J connectivity index is 2.73. The molecule has 1 rings (SSSR count). The number of anilines is 1. The van der Waals surface area contributed by atoms with E-state index in [0.29, 0.717) is 37.2 Å². The van der Waals surface area contributed by atoms with Crippen LogP contribution in [0.1, 0.15) is 30.1 Å². The van der Waals surface area contributed by atoms with Crippen molar-refractivity contribution >= 4 is 21.6 Å². The Bertz CT molecular complexity index is 544. The van der Waals surface area contributed by atoms with Gasteiger partial charge in [0, 0.05) is 17.8 Å². The number of carbonyl (C=O) groups is 1. The zero-order valence-corrected chi connectivity index (χ0v) is 12.4. The van der Waals surface area contributed by atoms with E-state index < -0.39 is 10.0 Å². The average Bonchev–Trinajstić information content (AvgIpc) is 2.38. The number of nitrogens with two attached hydrogens (primary N) is 1. The number of hydrogen-bond acceptors (Lipinski definition) is 4. The third kappa shape index (κ3) is 5.58. The summed E-state index contributed by atoms with van der Waals surface area (Å²) in [6.45, 7) is 2.80. The predicted octanol–water partition coefficient (Wildman–Crippen LogP) is 0.917. The second-order valence-corrected chi connectivity index (χ2v) is 6.24. The molecule has 6 nitrogen and oxygen atoms in total. The molecule has 1 aromatic rings. The molecule has 0 heterocycles. The van der Waals surface area contributed by atoms with Gasteiger partial charge in [0.05, 0.1) is 5.75 Å². The maximum absolute atomic E-state index is 11.8. The van der Waals surface area contributed by atoms with Gasteiger partial charge in [-0.3, -0.25) is 9.52 Å². The van der Waals surface area contributed by atoms with Crippen LogP contribution in [0.15, 0.2) is 24.3 Å². The highest BCUT2D eigenvalue weighted by atomic mass is 32.2. The first-order chi connectivity index (χ1) is 9.48. The Labute approximate surface area is 119 Å². The maximum atomic E-state index is 11.8. The first-order valence-electron chi connectivity index (χ1n) is 6.57. The second kappa shape index (κ2) is 7.86. The molecule has 7 heteroatoms. The van der Waals surface area contributed by atoms with Gasteiger partial charge in [0.1, 0.15) is 0 Å². The molecule has 0 bridgehead atoms. The Kier molecular flexibility index (Phi) is 6.47. The van der Waals surface area contributed by atoms with Crippen LogP contribution in [-0.2, 0) is 10.0 Å². The van der Waals surface area contributed by atoms with Crippen molar-refractivity contribution in [3.05, 3.63) is 29.8 Å². The lowest BCUT2D eigenvalue weighted by Crippen LogP contribution is -2.26. The highest BCUT2D eigenvalue weighted by molar-refractivity contribution is 7.92. The van der Waals surface area contributed by atoms with Crippen LogP contribution in [0.2, 0.25) is 0 Å². The second-order valence-electron chi connectivity index (χ2n) is 4.40. The van der Waals surface area contributed by atoms with Crippen molar-refractivity contribution in [2.45, 2.75) is 19.8 Å². The number of amides is 1. The van der Waals surface area contributed by atoms with E-state index in [2.05, 4.69) is 10.0 Å². The van der Waals surface area contributed by atoms with E-state index in [4.69, 9.17) is 5.73 Å². The minimum atomic E-state index is -3.35. The van der Waals surface area contributed by atoms with Crippen molar-refractivity contribution in [3.8, 4) is 0 Å². The lowest BCUT2D eigenvalue weighted by Gasteiger charge is -2.09. The van der Waals surface area contributed by atoms with E-state index in [9.17, 15) is 13.2 Å². The van der Waals surface area contributed by atoms with Crippen LogP contribution < -0.4 is 15.8 Å². The summed E-state index contributed by atoms with van der Waals surface area (Å²) in [5, 5.41) is 2.72. The molecule has 0 aliphatic heterocycles. The molecular formula is C13H21N3O3S. The fraction of sp³-hybridized carbons (Fsp3) is 0.462. The molecule has 0 unspecified atom stereocenters. The Hall–Kier alpha value is -1.60. The van der Waals surface area contributed by atoms with Gasteiger partial charge in [0.15, 0.2) is 0 Å². The number of nitrogens with one attached hydrogen (secondary N) is 2. The summed E-state index contributed by atoms with van der Waals surface area (Å²) >= 11 is 0. The van der Waals surface area contributed by atoms with E-state index in [1.165, 1.54) is 6.07 Å². The number of carbonyl (C=O) groups excluding carboxylic acids is 1. The number of hydrogen-bond donors (Lipinski definition) is 3. The van der Waals surface area contributed by atoms with E-state index in [0.717, 1.165) is 0 Å². The van der Waals surface area contributed by atoms with Crippen LogP contribution in [0, 0.1) is 0 Å². The third-order valence-electron chi connectivity index (χ3n) is 2.54.